The van der Waals surface area contributed by atoms with Gasteiger partial charge in [-0.05, 0) is 77.7 Å². The van der Waals surface area contributed by atoms with E-state index in [1.165, 1.54) is 17.2 Å². The van der Waals surface area contributed by atoms with Crippen molar-refractivity contribution in [3.8, 4) is 11.5 Å². The molecule has 1 aromatic carbocycles. The summed E-state index contributed by atoms with van der Waals surface area (Å²) in [6.07, 6.45) is 12.1. The molecule has 1 unspecified atom stereocenters. The summed E-state index contributed by atoms with van der Waals surface area (Å²) in [5.74, 6) is 0.582. The van der Waals surface area contributed by atoms with Crippen molar-refractivity contribution in [2.45, 2.75) is 59.0 Å². The van der Waals surface area contributed by atoms with E-state index in [1.807, 2.05) is 13.0 Å². The summed E-state index contributed by atoms with van der Waals surface area (Å²) in [6.45, 7) is 8.44. The third-order valence-electron chi connectivity index (χ3n) is 5.04. The van der Waals surface area contributed by atoms with Gasteiger partial charge in [-0.2, -0.15) is 0 Å². The number of allylic oxidation sites excluding steroid dienone is 4. The van der Waals surface area contributed by atoms with Crippen LogP contribution in [0.25, 0.3) is 17.0 Å². The first-order valence-electron chi connectivity index (χ1n) is 9.74. The second-order valence-corrected chi connectivity index (χ2v) is 7.97. The van der Waals surface area contributed by atoms with E-state index in [0.717, 1.165) is 25.7 Å². The Bertz CT molecular complexity index is 1020. The average Bonchev–Trinajstić information content (AvgIpc) is 2.61. The molecule has 0 spiro atoms. The van der Waals surface area contributed by atoms with Crippen LogP contribution in [0.3, 0.4) is 0 Å². The molecule has 1 aromatic heterocycles. The Morgan fingerprint density at radius 1 is 1.18 bits per heavy atom. The zero-order chi connectivity index (χ0) is 20.3. The molecule has 1 aliphatic rings. The van der Waals surface area contributed by atoms with E-state index in [2.05, 4.69) is 32.9 Å². The summed E-state index contributed by atoms with van der Waals surface area (Å²) < 4.78 is 11.6. The fourth-order valence-corrected chi connectivity index (χ4v) is 3.39. The summed E-state index contributed by atoms with van der Waals surface area (Å²) in [4.78, 5) is 12.3. The van der Waals surface area contributed by atoms with Crippen LogP contribution in [0.15, 0.2) is 56.8 Å². The third kappa shape index (κ3) is 4.56. The molecule has 1 N–H and O–H groups in total. The third-order valence-corrected chi connectivity index (χ3v) is 5.04. The summed E-state index contributed by atoms with van der Waals surface area (Å²) in [7, 11) is 0. The highest BCUT2D eigenvalue weighted by molar-refractivity contribution is 5.88. The number of rotatable bonds is 6. The minimum Gasteiger partial charge on any atom is -0.508 e. The Labute approximate surface area is 165 Å². The number of aromatic hydroxyl groups is 1. The van der Waals surface area contributed by atoms with Gasteiger partial charge in [-0.15, -0.1) is 0 Å². The Morgan fingerprint density at radius 2 is 1.96 bits per heavy atom. The molecular formula is C24H28O4. The Morgan fingerprint density at radius 3 is 2.71 bits per heavy atom. The van der Waals surface area contributed by atoms with E-state index < -0.39 is 11.2 Å². The van der Waals surface area contributed by atoms with Crippen molar-refractivity contribution in [1.82, 2.24) is 0 Å². The van der Waals surface area contributed by atoms with Gasteiger partial charge in [0.2, 0.25) is 0 Å². The molecule has 4 nitrogen and oxygen atoms in total. The van der Waals surface area contributed by atoms with Gasteiger partial charge in [-0.3, -0.25) is 0 Å². The van der Waals surface area contributed by atoms with Gasteiger partial charge in [0.1, 0.15) is 28.2 Å². The van der Waals surface area contributed by atoms with E-state index in [1.54, 1.807) is 18.2 Å². The van der Waals surface area contributed by atoms with Crippen molar-refractivity contribution < 1.29 is 14.3 Å². The van der Waals surface area contributed by atoms with Crippen molar-refractivity contribution >= 4 is 17.0 Å². The minimum atomic E-state index is -0.498. The molecule has 1 aliphatic heterocycles. The first-order chi connectivity index (χ1) is 13.3. The van der Waals surface area contributed by atoms with Crippen LogP contribution in [0.4, 0.5) is 0 Å². The quantitative estimate of drug-likeness (QED) is 0.483. The zero-order valence-corrected chi connectivity index (χ0v) is 17.0. The lowest BCUT2D eigenvalue weighted by Crippen LogP contribution is -2.33. The molecule has 0 radical (unpaired) electrons. The predicted molar refractivity (Wildman–Crippen MR) is 114 cm³/mol. The SMILES string of the molecule is CC(C)=CCCC(C)=CCCC1(C)C=Cc2c(c3ccc(O)cc3oc2=O)O1. The molecule has 0 saturated heterocycles. The largest absolute Gasteiger partial charge is 0.508 e. The van der Waals surface area contributed by atoms with Crippen LogP contribution in [0.5, 0.6) is 11.5 Å². The van der Waals surface area contributed by atoms with Crippen LogP contribution in [0, 0.1) is 0 Å². The zero-order valence-electron chi connectivity index (χ0n) is 17.0. The summed E-state index contributed by atoms with van der Waals surface area (Å²) in [6, 6.07) is 4.73. The lowest BCUT2D eigenvalue weighted by Gasteiger charge is -2.31. The first kappa shape index (κ1) is 20.0. The molecule has 0 aliphatic carbocycles. The molecular weight excluding hydrogens is 352 g/mol. The number of fused-ring (bicyclic) bond motifs is 3. The van der Waals surface area contributed by atoms with Crippen molar-refractivity contribution in [2.24, 2.45) is 0 Å². The average molecular weight is 380 g/mol. The highest BCUT2D eigenvalue weighted by atomic mass is 16.5. The van der Waals surface area contributed by atoms with E-state index in [0.29, 0.717) is 22.3 Å². The predicted octanol–water partition coefficient (Wildman–Crippen LogP) is 6.14. The monoisotopic (exact) mass is 380 g/mol. The Kier molecular flexibility index (Phi) is 5.78. The van der Waals surface area contributed by atoms with Crippen molar-refractivity contribution in [1.29, 1.82) is 0 Å². The smallest absolute Gasteiger partial charge is 0.347 e. The van der Waals surface area contributed by atoms with Crippen molar-refractivity contribution in [3.05, 3.63) is 63.6 Å². The number of phenols is 1. The van der Waals surface area contributed by atoms with Crippen LogP contribution in [0.2, 0.25) is 0 Å². The second kappa shape index (κ2) is 8.09. The van der Waals surface area contributed by atoms with Gasteiger partial charge in [0, 0.05) is 6.07 Å². The van der Waals surface area contributed by atoms with E-state index in [9.17, 15) is 9.90 Å². The molecule has 148 valence electrons. The molecule has 4 heteroatoms. The number of benzene rings is 1. The molecule has 0 amide bonds. The van der Waals surface area contributed by atoms with Crippen molar-refractivity contribution in [3.63, 3.8) is 0 Å². The van der Waals surface area contributed by atoms with Crippen LogP contribution in [-0.4, -0.2) is 10.7 Å². The minimum absolute atomic E-state index is 0.0541. The van der Waals surface area contributed by atoms with Crippen LogP contribution >= 0.6 is 0 Å². The molecule has 2 aromatic rings. The maximum absolute atomic E-state index is 12.3. The van der Waals surface area contributed by atoms with Gasteiger partial charge in [-0.1, -0.05) is 23.3 Å². The fourth-order valence-electron chi connectivity index (χ4n) is 3.39. The molecule has 0 fully saturated rings. The molecule has 1 atom stereocenters. The maximum Gasteiger partial charge on any atom is 0.347 e. The van der Waals surface area contributed by atoms with Crippen LogP contribution < -0.4 is 10.4 Å². The highest BCUT2D eigenvalue weighted by Gasteiger charge is 2.30. The molecule has 28 heavy (non-hydrogen) atoms. The van der Waals surface area contributed by atoms with E-state index in [-0.39, 0.29) is 5.75 Å². The highest BCUT2D eigenvalue weighted by Crippen LogP contribution is 2.38. The summed E-state index contributed by atoms with van der Waals surface area (Å²) in [5, 5.41) is 10.4. The van der Waals surface area contributed by atoms with Crippen molar-refractivity contribution in [2.75, 3.05) is 0 Å². The molecule has 0 bridgehead atoms. The second-order valence-electron chi connectivity index (χ2n) is 7.97. The van der Waals surface area contributed by atoms with E-state index >= 15 is 0 Å². The summed E-state index contributed by atoms with van der Waals surface area (Å²) in [5.41, 5.74) is 2.52. The van der Waals surface area contributed by atoms with E-state index in [4.69, 9.17) is 9.15 Å². The topological polar surface area (TPSA) is 59.7 Å². The normalized spacial score (nSPS) is 18.6. The molecule has 3 rings (SSSR count). The Hall–Kier alpha value is -2.75. The lowest BCUT2D eigenvalue weighted by molar-refractivity contribution is 0.130. The Balaban J connectivity index is 1.76. The number of phenolic OH excluding ortho intramolecular Hbond substituents is 1. The van der Waals surface area contributed by atoms with Gasteiger partial charge in [0.05, 0.1) is 5.39 Å². The van der Waals surface area contributed by atoms with Crippen LogP contribution in [0.1, 0.15) is 58.9 Å². The standard InChI is InChI=1S/C24H28O4/c1-16(2)7-5-8-17(3)9-6-13-24(4)14-12-20-22(28-24)19-11-10-18(25)15-21(19)27-23(20)26/h7,9-12,14-15,25H,5-6,8,13H2,1-4H3. The van der Waals surface area contributed by atoms with Gasteiger partial charge >= 0.3 is 5.63 Å². The first-order valence-corrected chi connectivity index (χ1v) is 9.74. The number of hydrogen-bond donors (Lipinski definition) is 1. The number of hydrogen-bond acceptors (Lipinski definition) is 4. The maximum atomic E-state index is 12.3. The molecule has 2 heterocycles. The molecule has 0 saturated carbocycles. The fraction of sp³-hybridized carbons (Fsp3) is 0.375. The van der Waals surface area contributed by atoms with Gasteiger partial charge in [0.25, 0.3) is 0 Å². The van der Waals surface area contributed by atoms with Gasteiger partial charge < -0.3 is 14.3 Å². The van der Waals surface area contributed by atoms with Gasteiger partial charge in [-0.25, -0.2) is 4.79 Å². The lowest BCUT2D eigenvalue weighted by atomic mass is 9.94. The van der Waals surface area contributed by atoms with Crippen LogP contribution in [-0.2, 0) is 0 Å². The summed E-state index contributed by atoms with van der Waals surface area (Å²) >= 11 is 0. The number of ether oxygens (including phenoxy) is 1. The van der Waals surface area contributed by atoms with Gasteiger partial charge in [0.15, 0.2) is 0 Å².